The van der Waals surface area contributed by atoms with Crippen LogP contribution in [0.5, 0.6) is 0 Å². The molecule has 0 aliphatic heterocycles. The van der Waals surface area contributed by atoms with Gasteiger partial charge in [0, 0.05) is 23.5 Å². The molecule has 0 saturated heterocycles. The van der Waals surface area contributed by atoms with Gasteiger partial charge in [0.1, 0.15) is 5.76 Å². The Morgan fingerprint density at radius 1 is 1.28 bits per heavy atom. The third-order valence-corrected chi connectivity index (χ3v) is 4.19. The Kier molecular flexibility index (Phi) is 4.72. The number of amides is 1. The summed E-state index contributed by atoms with van der Waals surface area (Å²) in [6.07, 6.45) is 1.61. The number of aromatic amines is 1. The molecule has 0 aliphatic carbocycles. The number of nitrogens with one attached hydrogen (secondary N) is 2. The van der Waals surface area contributed by atoms with Crippen molar-refractivity contribution >= 4 is 16.8 Å². The molecule has 1 atom stereocenters. The highest BCUT2D eigenvalue weighted by molar-refractivity contribution is 6.06. The van der Waals surface area contributed by atoms with E-state index in [-0.39, 0.29) is 17.5 Å². The van der Waals surface area contributed by atoms with Crippen molar-refractivity contribution in [1.82, 2.24) is 15.2 Å². The molecule has 0 radical (unpaired) electrons. The van der Waals surface area contributed by atoms with E-state index in [2.05, 4.69) is 10.3 Å². The number of carbonyl (C=O) groups is 1. The maximum Gasteiger partial charge on any atom is 0.252 e. The van der Waals surface area contributed by atoms with Crippen LogP contribution in [0, 0.1) is 6.92 Å². The lowest BCUT2D eigenvalue weighted by molar-refractivity contribution is 0.0940. The summed E-state index contributed by atoms with van der Waals surface area (Å²) in [5.41, 5.74) is 1.75. The van der Waals surface area contributed by atoms with Crippen LogP contribution in [-0.4, -0.2) is 36.4 Å². The van der Waals surface area contributed by atoms with Gasteiger partial charge in [-0.25, -0.2) is 0 Å². The average Bonchev–Trinajstić information content (AvgIpc) is 3.08. The number of H-pyrrole nitrogens is 1. The third kappa shape index (κ3) is 3.64. The molecular formula is C19H21N3O3. The van der Waals surface area contributed by atoms with Crippen molar-refractivity contribution in [3.05, 3.63) is 69.9 Å². The van der Waals surface area contributed by atoms with Crippen molar-refractivity contribution in [2.24, 2.45) is 0 Å². The predicted octanol–water partition coefficient (Wildman–Crippen LogP) is 2.46. The van der Waals surface area contributed by atoms with Gasteiger partial charge in [0.15, 0.2) is 0 Å². The Balaban J connectivity index is 1.87. The zero-order valence-electron chi connectivity index (χ0n) is 14.5. The number of carbonyl (C=O) groups excluding carboxylic acids is 1. The zero-order chi connectivity index (χ0) is 18.0. The van der Waals surface area contributed by atoms with Gasteiger partial charge in [-0.15, -0.1) is 0 Å². The molecule has 6 nitrogen and oxygen atoms in total. The number of fused-ring (bicyclic) bond motifs is 1. The van der Waals surface area contributed by atoms with E-state index >= 15 is 0 Å². The first kappa shape index (κ1) is 17.0. The molecule has 25 heavy (non-hydrogen) atoms. The van der Waals surface area contributed by atoms with Gasteiger partial charge in [-0.1, -0.05) is 11.6 Å². The predicted molar refractivity (Wildman–Crippen MR) is 96.8 cm³/mol. The minimum absolute atomic E-state index is 0.0889. The van der Waals surface area contributed by atoms with E-state index in [9.17, 15) is 9.59 Å². The molecule has 1 unspecified atom stereocenters. The van der Waals surface area contributed by atoms with Crippen LogP contribution in [0.2, 0.25) is 0 Å². The molecule has 1 aromatic carbocycles. The number of hydrogen-bond donors (Lipinski definition) is 2. The van der Waals surface area contributed by atoms with Gasteiger partial charge in [0.2, 0.25) is 5.56 Å². The molecule has 3 rings (SSSR count). The maximum atomic E-state index is 12.7. The van der Waals surface area contributed by atoms with Gasteiger partial charge in [0.05, 0.1) is 17.9 Å². The van der Waals surface area contributed by atoms with Crippen LogP contribution < -0.4 is 10.9 Å². The molecule has 2 heterocycles. The Hall–Kier alpha value is -2.86. The summed E-state index contributed by atoms with van der Waals surface area (Å²) >= 11 is 0. The quantitative estimate of drug-likeness (QED) is 0.748. The van der Waals surface area contributed by atoms with Crippen molar-refractivity contribution in [3.8, 4) is 0 Å². The third-order valence-electron chi connectivity index (χ3n) is 4.19. The lowest BCUT2D eigenvalue weighted by Crippen LogP contribution is -2.34. The molecule has 6 heteroatoms. The van der Waals surface area contributed by atoms with Gasteiger partial charge < -0.3 is 14.7 Å². The average molecular weight is 339 g/mol. The first-order chi connectivity index (χ1) is 12.0. The summed E-state index contributed by atoms with van der Waals surface area (Å²) in [5, 5.41) is 3.65. The molecule has 3 aromatic rings. The molecule has 0 bridgehead atoms. The molecule has 0 aliphatic rings. The van der Waals surface area contributed by atoms with E-state index in [1.54, 1.807) is 6.26 Å². The number of pyridine rings is 1. The minimum atomic E-state index is -0.295. The first-order valence-corrected chi connectivity index (χ1v) is 8.07. The van der Waals surface area contributed by atoms with Crippen LogP contribution in [-0.2, 0) is 0 Å². The van der Waals surface area contributed by atoms with E-state index in [4.69, 9.17) is 4.42 Å². The lowest BCUT2D eigenvalue weighted by Gasteiger charge is -2.22. The number of likely N-dealkylation sites (N-methyl/N-ethyl adjacent to an activating group) is 1. The number of benzene rings is 1. The van der Waals surface area contributed by atoms with Gasteiger partial charge >= 0.3 is 0 Å². The SMILES string of the molecule is Cc1ccc2[nH]c(=O)cc(C(=O)NCC(c3ccco3)N(C)C)c2c1. The Morgan fingerprint density at radius 3 is 2.76 bits per heavy atom. The van der Waals surface area contributed by atoms with Crippen molar-refractivity contribution in [3.63, 3.8) is 0 Å². The summed E-state index contributed by atoms with van der Waals surface area (Å²) in [7, 11) is 3.84. The van der Waals surface area contributed by atoms with Crippen LogP contribution >= 0.6 is 0 Å². The Morgan fingerprint density at radius 2 is 2.08 bits per heavy atom. The van der Waals surface area contributed by atoms with Crippen molar-refractivity contribution in [2.75, 3.05) is 20.6 Å². The van der Waals surface area contributed by atoms with E-state index in [0.717, 1.165) is 16.7 Å². The molecule has 1 amide bonds. The molecule has 0 spiro atoms. The fraction of sp³-hybridized carbons (Fsp3) is 0.263. The van der Waals surface area contributed by atoms with Gasteiger partial charge in [-0.3, -0.25) is 14.5 Å². The fourth-order valence-corrected chi connectivity index (χ4v) is 2.86. The van der Waals surface area contributed by atoms with Gasteiger partial charge in [-0.05, 0) is 45.3 Å². The van der Waals surface area contributed by atoms with Crippen molar-refractivity contribution in [1.29, 1.82) is 0 Å². The van der Waals surface area contributed by atoms with Gasteiger partial charge in [-0.2, -0.15) is 0 Å². The second kappa shape index (κ2) is 6.94. The molecule has 130 valence electrons. The fourth-order valence-electron chi connectivity index (χ4n) is 2.86. The standard InChI is InChI=1S/C19H21N3O3/c1-12-6-7-15-13(9-12)14(10-18(23)21-15)19(24)20-11-16(22(2)3)17-5-4-8-25-17/h4-10,16H,11H2,1-3H3,(H,20,24)(H,21,23). The molecule has 2 aromatic heterocycles. The van der Waals surface area contributed by atoms with Gasteiger partial charge in [0.25, 0.3) is 5.91 Å². The minimum Gasteiger partial charge on any atom is -0.468 e. The normalized spacial score (nSPS) is 12.5. The van der Waals surface area contributed by atoms with E-state index in [1.165, 1.54) is 6.07 Å². The van der Waals surface area contributed by atoms with Crippen LogP contribution in [0.3, 0.4) is 0 Å². The van der Waals surface area contributed by atoms with E-state index in [1.807, 2.05) is 56.3 Å². The summed E-state index contributed by atoms with van der Waals surface area (Å²) in [6.45, 7) is 2.32. The number of aryl methyl sites for hydroxylation is 1. The second-order valence-corrected chi connectivity index (χ2v) is 6.30. The van der Waals surface area contributed by atoms with Crippen LogP contribution in [0.25, 0.3) is 10.9 Å². The molecular weight excluding hydrogens is 318 g/mol. The van der Waals surface area contributed by atoms with Crippen molar-refractivity contribution < 1.29 is 9.21 Å². The highest BCUT2D eigenvalue weighted by Crippen LogP contribution is 2.19. The summed E-state index contributed by atoms with van der Waals surface area (Å²) in [6, 6.07) is 10.6. The number of hydrogen-bond acceptors (Lipinski definition) is 4. The monoisotopic (exact) mass is 339 g/mol. The maximum absolute atomic E-state index is 12.7. The van der Waals surface area contributed by atoms with Crippen LogP contribution in [0.15, 0.2) is 51.9 Å². The number of nitrogens with zero attached hydrogens (tertiary/aromatic N) is 1. The largest absolute Gasteiger partial charge is 0.468 e. The number of furan rings is 1. The van der Waals surface area contributed by atoms with E-state index < -0.39 is 0 Å². The lowest BCUT2D eigenvalue weighted by atomic mass is 10.1. The van der Waals surface area contributed by atoms with Crippen LogP contribution in [0.4, 0.5) is 0 Å². The zero-order valence-corrected chi connectivity index (χ0v) is 14.5. The summed E-state index contributed by atoms with van der Waals surface area (Å²) in [4.78, 5) is 29.3. The molecule has 2 N–H and O–H groups in total. The highest BCUT2D eigenvalue weighted by atomic mass is 16.3. The molecule has 0 fully saturated rings. The summed E-state index contributed by atoms with van der Waals surface area (Å²) < 4.78 is 5.45. The van der Waals surface area contributed by atoms with E-state index in [0.29, 0.717) is 17.6 Å². The van der Waals surface area contributed by atoms with Crippen LogP contribution in [0.1, 0.15) is 27.7 Å². The first-order valence-electron chi connectivity index (χ1n) is 8.07. The second-order valence-electron chi connectivity index (χ2n) is 6.30. The highest BCUT2D eigenvalue weighted by Gasteiger charge is 2.19. The summed E-state index contributed by atoms with van der Waals surface area (Å²) in [5.74, 6) is 0.497. The smallest absolute Gasteiger partial charge is 0.252 e. The van der Waals surface area contributed by atoms with Crippen molar-refractivity contribution in [2.45, 2.75) is 13.0 Å². The Labute approximate surface area is 145 Å². The Bertz CT molecular complexity index is 942. The molecule has 0 saturated carbocycles. The topological polar surface area (TPSA) is 78.3 Å². The number of aromatic nitrogens is 1. The number of rotatable bonds is 5.